The normalized spacial score (nSPS) is 14.4. The first-order valence-corrected chi connectivity index (χ1v) is 3.32. The van der Waals surface area contributed by atoms with Crippen LogP contribution in [0.3, 0.4) is 0 Å². The Morgan fingerprint density at radius 2 is 1.62 bits per heavy atom. The largest absolute Gasteiger partial charge is 0.314 e. The van der Waals surface area contributed by atoms with Crippen molar-refractivity contribution in [3.63, 3.8) is 0 Å². The summed E-state index contributed by atoms with van der Waals surface area (Å²) in [5.41, 5.74) is 4.86. The molecule has 0 aliphatic carbocycles. The van der Waals surface area contributed by atoms with Gasteiger partial charge in [-0.25, -0.2) is 13.6 Å². The second kappa shape index (κ2) is 3.24. The van der Waals surface area contributed by atoms with Crippen LogP contribution in [0.25, 0.3) is 0 Å². The molecule has 0 spiro atoms. The molecular formula is C2H9ClN2O2S. The van der Waals surface area contributed by atoms with Gasteiger partial charge in [0.15, 0.2) is 0 Å². The molecule has 4 N–H and O–H groups in total. The van der Waals surface area contributed by atoms with Crippen molar-refractivity contribution in [1.29, 1.82) is 0 Å². The number of hydrogen-bond acceptors (Lipinski definition) is 3. The Bertz CT molecular complexity index is 140. The number of nitrogens with two attached hydrogens (primary N) is 2. The Kier molecular flexibility index (Phi) is 4.46. The van der Waals surface area contributed by atoms with Crippen LogP contribution in [0.1, 0.15) is 6.92 Å². The molecule has 0 fully saturated rings. The average Bonchev–Trinajstić information content (AvgIpc) is 1.31. The fourth-order valence-corrected chi connectivity index (χ4v) is 0. The van der Waals surface area contributed by atoms with Crippen molar-refractivity contribution in [3.8, 4) is 0 Å². The van der Waals surface area contributed by atoms with E-state index in [-0.39, 0.29) is 12.4 Å². The molecule has 0 saturated carbocycles. The Labute approximate surface area is 54.7 Å². The SMILES string of the molecule is CC(N)S(N)(=O)=O.Cl. The molecule has 0 aromatic rings. The number of hydrogen-bond donors (Lipinski definition) is 2. The summed E-state index contributed by atoms with van der Waals surface area (Å²) in [4.78, 5) is 0. The molecule has 0 aromatic carbocycles. The molecule has 0 radical (unpaired) electrons. The van der Waals surface area contributed by atoms with Gasteiger partial charge in [0.05, 0.1) is 0 Å². The molecular weight excluding hydrogens is 152 g/mol. The Balaban J connectivity index is 0. The third kappa shape index (κ3) is 4.32. The molecule has 0 bridgehead atoms. The van der Waals surface area contributed by atoms with Crippen LogP contribution in [0.5, 0.6) is 0 Å². The second-order valence-corrected chi connectivity index (χ2v) is 3.22. The first-order valence-electron chi connectivity index (χ1n) is 1.72. The topological polar surface area (TPSA) is 86.2 Å². The minimum absolute atomic E-state index is 0. The smallest absolute Gasteiger partial charge is 0.224 e. The highest BCUT2D eigenvalue weighted by atomic mass is 35.5. The van der Waals surface area contributed by atoms with E-state index in [4.69, 9.17) is 5.73 Å². The summed E-state index contributed by atoms with van der Waals surface area (Å²) in [6, 6.07) is 0. The van der Waals surface area contributed by atoms with Gasteiger partial charge in [-0.05, 0) is 6.92 Å². The first-order chi connectivity index (χ1) is 2.94. The fourth-order valence-electron chi connectivity index (χ4n) is 0. The molecule has 6 heteroatoms. The van der Waals surface area contributed by atoms with Crippen LogP contribution < -0.4 is 10.9 Å². The molecule has 0 amide bonds. The molecule has 0 saturated heterocycles. The van der Waals surface area contributed by atoms with E-state index in [0.717, 1.165) is 0 Å². The minimum Gasteiger partial charge on any atom is -0.314 e. The van der Waals surface area contributed by atoms with Crippen molar-refractivity contribution in [2.24, 2.45) is 10.9 Å². The lowest BCUT2D eigenvalue weighted by atomic mass is 10.8. The predicted molar refractivity (Wildman–Crippen MR) is 34.0 cm³/mol. The first kappa shape index (κ1) is 11.0. The number of sulfonamides is 1. The zero-order valence-corrected chi connectivity index (χ0v) is 6.00. The Morgan fingerprint density at radius 1 is 1.50 bits per heavy atom. The molecule has 0 aromatic heterocycles. The van der Waals surface area contributed by atoms with Gasteiger partial charge >= 0.3 is 0 Å². The van der Waals surface area contributed by atoms with E-state index in [9.17, 15) is 8.42 Å². The van der Waals surface area contributed by atoms with Gasteiger partial charge in [-0.2, -0.15) is 0 Å². The standard InChI is InChI=1S/C2H8N2O2S.ClH/c1-2(3)7(4,5)6;/h2H,3H2,1H3,(H2,4,5,6);1H. The second-order valence-electron chi connectivity index (χ2n) is 1.29. The highest BCUT2D eigenvalue weighted by Gasteiger charge is 2.06. The Morgan fingerprint density at radius 3 is 1.62 bits per heavy atom. The van der Waals surface area contributed by atoms with E-state index < -0.39 is 15.4 Å². The summed E-state index contributed by atoms with van der Waals surface area (Å²) < 4.78 is 20.0. The van der Waals surface area contributed by atoms with E-state index in [2.05, 4.69) is 5.14 Å². The lowest BCUT2D eigenvalue weighted by molar-refractivity contribution is 0.587. The fraction of sp³-hybridized carbons (Fsp3) is 1.00. The maximum atomic E-state index is 9.98. The van der Waals surface area contributed by atoms with Crippen molar-refractivity contribution >= 4 is 22.4 Å². The van der Waals surface area contributed by atoms with Crippen LogP contribution in [0.2, 0.25) is 0 Å². The summed E-state index contributed by atoms with van der Waals surface area (Å²) >= 11 is 0. The summed E-state index contributed by atoms with van der Waals surface area (Å²) in [6.45, 7) is 1.31. The zero-order valence-electron chi connectivity index (χ0n) is 4.37. The predicted octanol–water partition coefficient (Wildman–Crippen LogP) is -0.999. The van der Waals surface area contributed by atoms with Gasteiger partial charge < -0.3 is 5.73 Å². The van der Waals surface area contributed by atoms with Gasteiger partial charge in [0, 0.05) is 0 Å². The van der Waals surface area contributed by atoms with Crippen LogP contribution in [0, 0.1) is 0 Å². The highest BCUT2D eigenvalue weighted by molar-refractivity contribution is 7.89. The minimum atomic E-state index is -3.46. The highest BCUT2D eigenvalue weighted by Crippen LogP contribution is 1.79. The van der Waals surface area contributed by atoms with Crippen LogP contribution in [-0.2, 0) is 10.0 Å². The third-order valence-corrected chi connectivity index (χ3v) is 1.55. The van der Waals surface area contributed by atoms with Gasteiger partial charge in [0.2, 0.25) is 10.0 Å². The van der Waals surface area contributed by atoms with Crippen molar-refractivity contribution in [3.05, 3.63) is 0 Å². The van der Waals surface area contributed by atoms with Crippen LogP contribution in [-0.4, -0.2) is 13.8 Å². The molecule has 1 atom stereocenters. The van der Waals surface area contributed by atoms with Crippen molar-refractivity contribution in [2.45, 2.75) is 12.3 Å². The van der Waals surface area contributed by atoms with Crippen molar-refractivity contribution in [2.75, 3.05) is 0 Å². The zero-order chi connectivity index (χ0) is 6.08. The lowest BCUT2D eigenvalue weighted by Gasteiger charge is -1.96. The van der Waals surface area contributed by atoms with Gasteiger partial charge in [0.25, 0.3) is 0 Å². The monoisotopic (exact) mass is 160 g/mol. The molecule has 0 aliphatic heterocycles. The van der Waals surface area contributed by atoms with Crippen LogP contribution in [0.4, 0.5) is 0 Å². The van der Waals surface area contributed by atoms with Gasteiger partial charge in [-0.15, -0.1) is 12.4 Å². The number of rotatable bonds is 1. The maximum absolute atomic E-state index is 9.98. The van der Waals surface area contributed by atoms with Crippen molar-refractivity contribution < 1.29 is 8.42 Å². The quantitative estimate of drug-likeness (QED) is 0.516. The summed E-state index contributed by atoms with van der Waals surface area (Å²) in [6.07, 6.45) is 0. The number of primary sulfonamides is 1. The van der Waals surface area contributed by atoms with E-state index in [0.29, 0.717) is 0 Å². The van der Waals surface area contributed by atoms with Gasteiger partial charge in [0.1, 0.15) is 5.37 Å². The van der Waals surface area contributed by atoms with Crippen molar-refractivity contribution in [1.82, 2.24) is 0 Å². The lowest BCUT2D eigenvalue weighted by Crippen LogP contribution is -2.32. The third-order valence-electron chi connectivity index (χ3n) is 0.518. The van der Waals surface area contributed by atoms with Crippen LogP contribution >= 0.6 is 12.4 Å². The molecule has 0 heterocycles. The summed E-state index contributed by atoms with van der Waals surface area (Å²) in [7, 11) is -3.46. The van der Waals surface area contributed by atoms with E-state index >= 15 is 0 Å². The van der Waals surface area contributed by atoms with Gasteiger partial charge in [-0.1, -0.05) is 0 Å². The average molecular weight is 161 g/mol. The van der Waals surface area contributed by atoms with E-state index in [1.54, 1.807) is 0 Å². The molecule has 52 valence electrons. The summed E-state index contributed by atoms with van der Waals surface area (Å²) in [5, 5.41) is 3.57. The molecule has 0 aliphatic rings. The molecule has 8 heavy (non-hydrogen) atoms. The van der Waals surface area contributed by atoms with E-state index in [1.165, 1.54) is 6.92 Å². The molecule has 1 unspecified atom stereocenters. The summed E-state index contributed by atoms with van der Waals surface area (Å²) in [5.74, 6) is 0. The molecule has 4 nitrogen and oxygen atoms in total. The van der Waals surface area contributed by atoms with Gasteiger partial charge in [-0.3, -0.25) is 0 Å². The number of halogens is 1. The van der Waals surface area contributed by atoms with E-state index in [1.807, 2.05) is 0 Å². The Hall–Kier alpha value is 0.160. The molecule has 0 rings (SSSR count). The maximum Gasteiger partial charge on any atom is 0.224 e. The van der Waals surface area contributed by atoms with Crippen LogP contribution in [0.15, 0.2) is 0 Å².